The van der Waals surface area contributed by atoms with E-state index in [9.17, 15) is 19.5 Å². The second kappa shape index (κ2) is 10.4. The normalized spacial score (nSPS) is 18.4. The molecule has 10 nitrogen and oxygen atoms in total. The van der Waals surface area contributed by atoms with Gasteiger partial charge >= 0.3 is 5.97 Å². The molecule has 0 radical (unpaired) electrons. The standard InChI is InChI=1S/C23H28N6O4/c30-20(28-19(11-21(31)32)16-4-1-8-24-12-16)14-29-10-7-18(23(29)33)26-13-17-6-5-15-3-2-9-25-22(15)27-17/h1,4-6,8,12,18-19,26H,2-3,7,9-11,13-14H2,(H,25,27)(H,28,30)(H,31,32)/t18-,19+/m0/s1. The minimum absolute atomic E-state index is 0.117. The Kier molecular flexibility index (Phi) is 7.13. The molecule has 2 aliphatic rings. The van der Waals surface area contributed by atoms with Crippen LogP contribution in [0.1, 0.15) is 42.1 Å². The van der Waals surface area contributed by atoms with Crippen molar-refractivity contribution in [1.82, 2.24) is 25.5 Å². The van der Waals surface area contributed by atoms with Crippen LogP contribution in [0.5, 0.6) is 0 Å². The summed E-state index contributed by atoms with van der Waals surface area (Å²) in [5.41, 5.74) is 2.68. The van der Waals surface area contributed by atoms with Crippen molar-refractivity contribution in [1.29, 1.82) is 0 Å². The fourth-order valence-corrected chi connectivity index (χ4v) is 4.20. The topological polar surface area (TPSA) is 137 Å². The molecule has 0 aromatic carbocycles. The molecule has 2 aromatic heterocycles. The van der Waals surface area contributed by atoms with E-state index in [1.165, 1.54) is 16.7 Å². The van der Waals surface area contributed by atoms with Crippen molar-refractivity contribution in [3.63, 3.8) is 0 Å². The summed E-state index contributed by atoms with van der Waals surface area (Å²) in [7, 11) is 0. The Morgan fingerprint density at radius 2 is 2.18 bits per heavy atom. The molecule has 174 valence electrons. The molecule has 4 N–H and O–H groups in total. The summed E-state index contributed by atoms with van der Waals surface area (Å²) in [6.45, 7) is 1.73. The lowest BCUT2D eigenvalue weighted by atomic mass is 10.1. The number of carbonyl (C=O) groups excluding carboxylic acids is 2. The Morgan fingerprint density at radius 1 is 1.30 bits per heavy atom. The van der Waals surface area contributed by atoms with Gasteiger partial charge in [0.15, 0.2) is 0 Å². The van der Waals surface area contributed by atoms with Crippen molar-refractivity contribution < 1.29 is 19.5 Å². The van der Waals surface area contributed by atoms with Gasteiger partial charge in [0, 0.05) is 32.0 Å². The fraction of sp³-hybridized carbons (Fsp3) is 0.435. The number of hydrogen-bond acceptors (Lipinski definition) is 7. The summed E-state index contributed by atoms with van der Waals surface area (Å²) < 4.78 is 0. The van der Waals surface area contributed by atoms with Crippen LogP contribution in [0, 0.1) is 0 Å². The van der Waals surface area contributed by atoms with Crippen LogP contribution in [0.4, 0.5) is 5.82 Å². The molecule has 2 aromatic rings. The molecule has 10 heteroatoms. The van der Waals surface area contributed by atoms with Crippen LogP contribution in [-0.2, 0) is 27.3 Å². The summed E-state index contributed by atoms with van der Waals surface area (Å²) in [5, 5.41) is 18.5. The van der Waals surface area contributed by atoms with Crippen LogP contribution in [0.2, 0.25) is 0 Å². The maximum Gasteiger partial charge on any atom is 0.305 e. The SMILES string of the molecule is O=C(O)C[C@@H](NC(=O)CN1CC[C@H](NCc2ccc3c(n2)NCCC3)C1=O)c1cccnc1. The Hall–Kier alpha value is -3.53. The molecule has 0 unspecified atom stereocenters. The van der Waals surface area contributed by atoms with Crippen molar-refractivity contribution >= 4 is 23.6 Å². The summed E-state index contributed by atoms with van der Waals surface area (Å²) in [4.78, 5) is 46.7. The number of likely N-dealkylation sites (tertiary alicyclic amines) is 1. The average Bonchev–Trinajstić information content (AvgIpc) is 3.16. The first kappa shape index (κ1) is 22.7. The van der Waals surface area contributed by atoms with E-state index in [0.29, 0.717) is 25.1 Å². The number of aromatic nitrogens is 2. The van der Waals surface area contributed by atoms with Crippen molar-refractivity contribution in [2.24, 2.45) is 0 Å². The van der Waals surface area contributed by atoms with Gasteiger partial charge < -0.3 is 26.0 Å². The first-order valence-electron chi connectivity index (χ1n) is 11.2. The highest BCUT2D eigenvalue weighted by molar-refractivity contribution is 5.89. The Bertz CT molecular complexity index is 1020. The number of amides is 2. The van der Waals surface area contributed by atoms with Gasteiger partial charge in [-0.1, -0.05) is 12.1 Å². The van der Waals surface area contributed by atoms with E-state index < -0.39 is 17.9 Å². The van der Waals surface area contributed by atoms with Gasteiger partial charge in [-0.15, -0.1) is 0 Å². The average molecular weight is 453 g/mol. The van der Waals surface area contributed by atoms with Crippen LogP contribution < -0.4 is 16.0 Å². The number of anilines is 1. The van der Waals surface area contributed by atoms with E-state index in [0.717, 1.165) is 30.9 Å². The number of aliphatic carboxylic acids is 1. The molecule has 2 atom stereocenters. The Balaban J connectivity index is 1.29. The molecular formula is C23H28N6O4. The number of carbonyl (C=O) groups is 3. The highest BCUT2D eigenvalue weighted by Crippen LogP contribution is 2.20. The summed E-state index contributed by atoms with van der Waals surface area (Å²) >= 11 is 0. The van der Waals surface area contributed by atoms with Gasteiger partial charge in [0.05, 0.1) is 30.7 Å². The molecule has 0 saturated carbocycles. The van der Waals surface area contributed by atoms with Gasteiger partial charge in [-0.2, -0.15) is 0 Å². The van der Waals surface area contributed by atoms with Crippen LogP contribution >= 0.6 is 0 Å². The quantitative estimate of drug-likeness (QED) is 0.440. The minimum Gasteiger partial charge on any atom is -0.481 e. The number of carboxylic acids is 1. The second-order valence-electron chi connectivity index (χ2n) is 8.33. The molecule has 4 heterocycles. The lowest BCUT2D eigenvalue weighted by Gasteiger charge is -2.21. The van der Waals surface area contributed by atoms with Crippen molar-refractivity contribution in [2.75, 3.05) is 25.0 Å². The number of hydrogen-bond donors (Lipinski definition) is 4. The van der Waals surface area contributed by atoms with E-state index >= 15 is 0 Å². The zero-order valence-electron chi connectivity index (χ0n) is 18.3. The third-order valence-electron chi connectivity index (χ3n) is 5.91. The molecule has 0 spiro atoms. The van der Waals surface area contributed by atoms with Crippen molar-refractivity contribution in [2.45, 2.75) is 44.3 Å². The second-order valence-corrected chi connectivity index (χ2v) is 8.33. The van der Waals surface area contributed by atoms with E-state index in [1.54, 1.807) is 18.3 Å². The van der Waals surface area contributed by atoms with E-state index in [2.05, 4.69) is 32.0 Å². The minimum atomic E-state index is -1.03. The van der Waals surface area contributed by atoms with E-state index in [4.69, 9.17) is 0 Å². The third-order valence-corrected chi connectivity index (χ3v) is 5.91. The number of rotatable bonds is 9. The van der Waals surface area contributed by atoms with Crippen LogP contribution in [0.25, 0.3) is 0 Å². The van der Waals surface area contributed by atoms with Crippen LogP contribution in [0.15, 0.2) is 36.7 Å². The van der Waals surface area contributed by atoms with Crippen molar-refractivity contribution in [3.05, 3.63) is 53.5 Å². The lowest BCUT2D eigenvalue weighted by Crippen LogP contribution is -2.43. The molecule has 33 heavy (non-hydrogen) atoms. The summed E-state index contributed by atoms with van der Waals surface area (Å²) in [6, 6.07) is 6.37. The van der Waals surface area contributed by atoms with Gasteiger partial charge in [-0.25, -0.2) is 4.98 Å². The molecule has 1 saturated heterocycles. The Labute approximate surface area is 191 Å². The molecule has 2 aliphatic heterocycles. The molecular weight excluding hydrogens is 424 g/mol. The largest absolute Gasteiger partial charge is 0.481 e. The monoisotopic (exact) mass is 452 g/mol. The number of nitrogens with zero attached hydrogens (tertiary/aromatic N) is 3. The van der Waals surface area contributed by atoms with E-state index in [-0.39, 0.29) is 24.9 Å². The number of fused-ring (bicyclic) bond motifs is 1. The van der Waals surface area contributed by atoms with E-state index in [1.807, 2.05) is 6.07 Å². The predicted octanol–water partition coefficient (Wildman–Crippen LogP) is 0.857. The molecule has 4 rings (SSSR count). The fourth-order valence-electron chi connectivity index (χ4n) is 4.20. The highest BCUT2D eigenvalue weighted by Gasteiger charge is 2.33. The Morgan fingerprint density at radius 3 is 2.97 bits per heavy atom. The maximum atomic E-state index is 12.8. The number of nitrogens with one attached hydrogen (secondary N) is 3. The summed E-state index contributed by atoms with van der Waals surface area (Å²) in [6.07, 6.45) is 5.56. The predicted molar refractivity (Wildman–Crippen MR) is 120 cm³/mol. The lowest BCUT2D eigenvalue weighted by molar-refractivity contribution is -0.138. The number of aryl methyl sites for hydroxylation is 1. The van der Waals surface area contributed by atoms with Gasteiger partial charge in [-0.05, 0) is 42.5 Å². The van der Waals surface area contributed by atoms with Gasteiger partial charge in [0.25, 0.3) is 0 Å². The third kappa shape index (κ3) is 5.83. The smallest absolute Gasteiger partial charge is 0.305 e. The summed E-state index contributed by atoms with van der Waals surface area (Å²) in [5.74, 6) is -0.656. The maximum absolute atomic E-state index is 12.8. The van der Waals surface area contributed by atoms with Gasteiger partial charge in [0.2, 0.25) is 11.8 Å². The van der Waals surface area contributed by atoms with Crippen LogP contribution in [-0.4, -0.2) is 63.4 Å². The highest BCUT2D eigenvalue weighted by atomic mass is 16.4. The number of pyridine rings is 2. The molecule has 2 amide bonds. The first-order chi connectivity index (χ1) is 16.0. The molecule has 0 aliphatic carbocycles. The zero-order valence-corrected chi connectivity index (χ0v) is 18.3. The zero-order chi connectivity index (χ0) is 23.2. The number of carboxylic acid groups (broad SMARTS) is 1. The van der Waals surface area contributed by atoms with Gasteiger partial charge in [-0.3, -0.25) is 19.4 Å². The first-order valence-corrected chi connectivity index (χ1v) is 11.2. The molecule has 0 bridgehead atoms. The van der Waals surface area contributed by atoms with Gasteiger partial charge in [0.1, 0.15) is 5.82 Å². The van der Waals surface area contributed by atoms with Crippen molar-refractivity contribution in [3.8, 4) is 0 Å². The van der Waals surface area contributed by atoms with Crippen LogP contribution in [0.3, 0.4) is 0 Å². The molecule has 1 fully saturated rings.